The lowest BCUT2D eigenvalue weighted by molar-refractivity contribution is 0.381. The summed E-state index contributed by atoms with van der Waals surface area (Å²) in [7, 11) is -4.67. The molecule has 0 aromatic carbocycles. The van der Waals surface area contributed by atoms with E-state index in [9.17, 15) is 0 Å². The molecule has 0 heterocycles. The van der Waals surface area contributed by atoms with Crippen molar-refractivity contribution < 1.29 is 17.5 Å². The molecule has 0 radical (unpaired) electrons. The minimum Gasteiger partial charge on any atom is -0.370 e. The molecule has 0 aromatic rings. The highest BCUT2D eigenvalue weighted by Gasteiger charge is 1.85. The molecule has 0 saturated heterocycles. The first-order chi connectivity index (χ1) is 7.13. The predicted octanol–water partition coefficient (Wildman–Crippen LogP) is -2.73. The second-order valence-corrected chi connectivity index (χ2v) is 3.31. The molecule has 0 rings (SSSR count). The van der Waals surface area contributed by atoms with Crippen molar-refractivity contribution in [1.82, 2.24) is 0 Å². The lowest BCUT2D eigenvalue weighted by Crippen LogP contribution is -2.24. The molecule has 10 N–H and O–H groups in total. The van der Waals surface area contributed by atoms with Gasteiger partial charge < -0.3 is 22.9 Å². The molecule has 16 heavy (non-hydrogen) atoms. The van der Waals surface area contributed by atoms with Gasteiger partial charge in [0.05, 0.1) is 0 Å². The van der Waals surface area contributed by atoms with Gasteiger partial charge in [0, 0.05) is 13.1 Å². The third-order valence-corrected chi connectivity index (χ3v) is 0.905. The SMILES string of the molecule is NC(N)=NCCCN=C(N)N.O=S(=O)(O)O. The molecule has 10 nitrogen and oxygen atoms in total. The zero-order chi connectivity index (χ0) is 13.2. The van der Waals surface area contributed by atoms with E-state index in [1.165, 1.54) is 0 Å². The summed E-state index contributed by atoms with van der Waals surface area (Å²) in [5.74, 6) is 0.185. The van der Waals surface area contributed by atoms with Crippen LogP contribution in [0, 0.1) is 0 Å². The van der Waals surface area contributed by atoms with Gasteiger partial charge in [0.2, 0.25) is 0 Å². The van der Waals surface area contributed by atoms with Crippen LogP contribution >= 0.6 is 0 Å². The first-order valence-corrected chi connectivity index (χ1v) is 5.33. The van der Waals surface area contributed by atoms with E-state index in [0.717, 1.165) is 6.42 Å². The lowest BCUT2D eigenvalue weighted by atomic mass is 10.4. The van der Waals surface area contributed by atoms with Crippen LogP contribution in [0.5, 0.6) is 0 Å². The Morgan fingerprint density at radius 1 is 0.938 bits per heavy atom. The highest BCUT2D eigenvalue weighted by Crippen LogP contribution is 1.81. The molecule has 96 valence electrons. The number of hydrogen-bond donors (Lipinski definition) is 6. The maximum absolute atomic E-state index is 8.74. The van der Waals surface area contributed by atoms with Crippen LogP contribution in [0.3, 0.4) is 0 Å². The summed E-state index contributed by atoms with van der Waals surface area (Å²) in [4.78, 5) is 7.49. The van der Waals surface area contributed by atoms with Crippen molar-refractivity contribution in [2.75, 3.05) is 13.1 Å². The van der Waals surface area contributed by atoms with Gasteiger partial charge in [-0.05, 0) is 6.42 Å². The van der Waals surface area contributed by atoms with E-state index in [4.69, 9.17) is 40.5 Å². The van der Waals surface area contributed by atoms with E-state index in [1.54, 1.807) is 0 Å². The Hall–Kier alpha value is -1.59. The molecule has 0 aliphatic heterocycles. The normalized spacial score (nSPS) is 9.62. The molecule has 0 bridgehead atoms. The summed E-state index contributed by atoms with van der Waals surface area (Å²) in [5.41, 5.74) is 20.3. The minimum absolute atomic E-state index is 0.0923. The van der Waals surface area contributed by atoms with Gasteiger partial charge in [0.1, 0.15) is 0 Å². The molecular formula is C5H16N6O4S. The summed E-state index contributed by atoms with van der Waals surface area (Å²) in [6.07, 6.45) is 0.746. The Balaban J connectivity index is 0. The number of nitrogens with zero attached hydrogens (tertiary/aromatic N) is 2. The van der Waals surface area contributed by atoms with Gasteiger partial charge in [0.25, 0.3) is 0 Å². The first-order valence-electron chi connectivity index (χ1n) is 3.93. The van der Waals surface area contributed by atoms with Crippen molar-refractivity contribution in [2.24, 2.45) is 32.9 Å². The highest BCUT2D eigenvalue weighted by molar-refractivity contribution is 7.79. The predicted molar refractivity (Wildman–Crippen MR) is 60.1 cm³/mol. The Bertz CT molecular complexity index is 303. The fraction of sp³-hybridized carbons (Fsp3) is 0.600. The summed E-state index contributed by atoms with van der Waals surface area (Å²) < 4.78 is 31.6. The maximum Gasteiger partial charge on any atom is 0.394 e. The largest absolute Gasteiger partial charge is 0.394 e. The highest BCUT2D eigenvalue weighted by atomic mass is 32.3. The molecule has 0 unspecified atom stereocenters. The Morgan fingerprint density at radius 2 is 1.19 bits per heavy atom. The second kappa shape index (κ2) is 8.70. The topological polar surface area (TPSA) is 203 Å². The van der Waals surface area contributed by atoms with Crippen LogP contribution in [-0.4, -0.2) is 42.5 Å². The quantitative estimate of drug-likeness (QED) is 0.134. The van der Waals surface area contributed by atoms with Crippen LogP contribution in [0.4, 0.5) is 0 Å². The fourth-order valence-corrected chi connectivity index (χ4v) is 0.487. The molecule has 0 aliphatic carbocycles. The van der Waals surface area contributed by atoms with Crippen molar-refractivity contribution in [1.29, 1.82) is 0 Å². The van der Waals surface area contributed by atoms with Crippen LogP contribution in [-0.2, 0) is 10.4 Å². The minimum atomic E-state index is -4.67. The average molecular weight is 256 g/mol. The molecule has 0 amide bonds. The molecule has 0 aromatic heterocycles. The Labute approximate surface area is 93.0 Å². The van der Waals surface area contributed by atoms with Crippen molar-refractivity contribution in [3.8, 4) is 0 Å². The van der Waals surface area contributed by atoms with E-state index in [-0.39, 0.29) is 11.9 Å². The zero-order valence-corrected chi connectivity index (χ0v) is 9.26. The van der Waals surface area contributed by atoms with E-state index in [2.05, 4.69) is 9.98 Å². The van der Waals surface area contributed by atoms with Gasteiger partial charge in [0.15, 0.2) is 11.9 Å². The maximum atomic E-state index is 8.74. The molecule has 0 spiro atoms. The molecular weight excluding hydrogens is 240 g/mol. The van der Waals surface area contributed by atoms with Crippen molar-refractivity contribution in [3.05, 3.63) is 0 Å². The molecule has 0 fully saturated rings. The van der Waals surface area contributed by atoms with Gasteiger partial charge in [-0.25, -0.2) is 0 Å². The van der Waals surface area contributed by atoms with E-state index in [1.807, 2.05) is 0 Å². The fourth-order valence-electron chi connectivity index (χ4n) is 0.487. The molecule has 0 saturated carbocycles. The zero-order valence-electron chi connectivity index (χ0n) is 8.44. The molecule has 11 heteroatoms. The van der Waals surface area contributed by atoms with Crippen LogP contribution in [0.25, 0.3) is 0 Å². The second-order valence-electron chi connectivity index (χ2n) is 2.41. The molecule has 0 atom stereocenters. The molecule has 0 aliphatic rings. The summed E-state index contributed by atoms with van der Waals surface area (Å²) in [6, 6.07) is 0. The van der Waals surface area contributed by atoms with E-state index >= 15 is 0 Å². The standard InChI is InChI=1S/C5H14N6.H2O4S/c6-4(7)10-2-1-3-11-5(8)9;1-5(2,3)4/h1-3H2,(H4,6,7,10)(H4,8,9,11);(H2,1,2,3,4). The van der Waals surface area contributed by atoms with E-state index < -0.39 is 10.4 Å². The smallest absolute Gasteiger partial charge is 0.370 e. The number of guanidine groups is 2. The first kappa shape index (κ1) is 16.8. The van der Waals surface area contributed by atoms with Crippen molar-refractivity contribution in [2.45, 2.75) is 6.42 Å². The van der Waals surface area contributed by atoms with Crippen LogP contribution in [0.15, 0.2) is 9.98 Å². The van der Waals surface area contributed by atoms with Gasteiger partial charge in [-0.3, -0.25) is 19.1 Å². The van der Waals surface area contributed by atoms with Gasteiger partial charge >= 0.3 is 10.4 Å². The monoisotopic (exact) mass is 256 g/mol. The average Bonchev–Trinajstić information content (AvgIpc) is 1.99. The van der Waals surface area contributed by atoms with Crippen LogP contribution < -0.4 is 22.9 Å². The Morgan fingerprint density at radius 3 is 1.38 bits per heavy atom. The van der Waals surface area contributed by atoms with E-state index in [0.29, 0.717) is 13.1 Å². The number of rotatable bonds is 4. The number of nitrogens with two attached hydrogens (primary N) is 4. The van der Waals surface area contributed by atoms with Crippen LogP contribution in [0.1, 0.15) is 6.42 Å². The van der Waals surface area contributed by atoms with Crippen molar-refractivity contribution >= 4 is 22.3 Å². The van der Waals surface area contributed by atoms with Crippen LogP contribution in [0.2, 0.25) is 0 Å². The van der Waals surface area contributed by atoms with Gasteiger partial charge in [-0.1, -0.05) is 0 Å². The summed E-state index contributed by atoms with van der Waals surface area (Å²) >= 11 is 0. The number of aliphatic imine (C=N–C) groups is 2. The van der Waals surface area contributed by atoms with Crippen molar-refractivity contribution in [3.63, 3.8) is 0 Å². The van der Waals surface area contributed by atoms with Gasteiger partial charge in [-0.2, -0.15) is 8.42 Å². The summed E-state index contributed by atoms with van der Waals surface area (Å²) in [6.45, 7) is 1.11. The summed E-state index contributed by atoms with van der Waals surface area (Å²) in [5, 5.41) is 0. The van der Waals surface area contributed by atoms with Gasteiger partial charge in [-0.15, -0.1) is 0 Å². The third-order valence-electron chi connectivity index (χ3n) is 0.905. The third kappa shape index (κ3) is 39.3. The Kier molecular flexibility index (Phi) is 9.15. The lowest BCUT2D eigenvalue weighted by Gasteiger charge is -1.93. The number of hydrogen-bond acceptors (Lipinski definition) is 4.